The average molecular weight is 338 g/mol. The van der Waals surface area contributed by atoms with E-state index < -0.39 is 0 Å². The summed E-state index contributed by atoms with van der Waals surface area (Å²) in [6.45, 7) is 4.17. The van der Waals surface area contributed by atoms with E-state index in [1.807, 2.05) is 24.0 Å². The van der Waals surface area contributed by atoms with Gasteiger partial charge in [-0.1, -0.05) is 17.7 Å². The number of aliphatic hydroxyl groups excluding tert-OH is 1. The third-order valence-electron chi connectivity index (χ3n) is 5.40. The van der Waals surface area contributed by atoms with Crippen LogP contribution >= 0.6 is 11.6 Å². The molecule has 0 aromatic heterocycles. The number of hydrogen-bond donors (Lipinski definition) is 1. The Labute approximate surface area is 142 Å². The lowest BCUT2D eigenvalue weighted by atomic mass is 9.72. The van der Waals surface area contributed by atoms with Crippen molar-refractivity contribution in [2.45, 2.75) is 38.6 Å². The number of likely N-dealkylation sites (tertiary alicyclic amines) is 1. The van der Waals surface area contributed by atoms with Gasteiger partial charge in [0.15, 0.2) is 0 Å². The molecule has 1 unspecified atom stereocenters. The molecule has 0 saturated carbocycles. The zero-order valence-electron chi connectivity index (χ0n) is 13.6. The summed E-state index contributed by atoms with van der Waals surface area (Å²) >= 11 is 6.17. The van der Waals surface area contributed by atoms with Crippen LogP contribution in [-0.2, 0) is 4.74 Å². The number of rotatable bonds is 2. The molecule has 1 atom stereocenters. The first-order chi connectivity index (χ1) is 11.0. The molecule has 1 amide bonds. The van der Waals surface area contributed by atoms with Crippen molar-refractivity contribution in [2.24, 2.45) is 5.41 Å². The van der Waals surface area contributed by atoms with Crippen LogP contribution in [0.1, 0.15) is 41.6 Å². The summed E-state index contributed by atoms with van der Waals surface area (Å²) < 4.78 is 5.49. The maximum absolute atomic E-state index is 13.0. The van der Waals surface area contributed by atoms with E-state index in [4.69, 9.17) is 16.3 Å². The van der Waals surface area contributed by atoms with E-state index in [2.05, 4.69) is 0 Å². The van der Waals surface area contributed by atoms with E-state index in [1.54, 1.807) is 6.07 Å². The van der Waals surface area contributed by atoms with Gasteiger partial charge in [0.2, 0.25) is 0 Å². The minimum atomic E-state index is -0.101. The molecule has 23 heavy (non-hydrogen) atoms. The van der Waals surface area contributed by atoms with Crippen molar-refractivity contribution in [1.29, 1.82) is 0 Å². The summed E-state index contributed by atoms with van der Waals surface area (Å²) in [6.07, 6.45) is 3.88. The highest BCUT2D eigenvalue weighted by Crippen LogP contribution is 2.41. The summed E-state index contributed by atoms with van der Waals surface area (Å²) in [4.78, 5) is 14.8. The van der Waals surface area contributed by atoms with Crippen LogP contribution in [0.2, 0.25) is 5.02 Å². The van der Waals surface area contributed by atoms with E-state index in [9.17, 15) is 9.90 Å². The maximum atomic E-state index is 13.0. The third-order valence-corrected chi connectivity index (χ3v) is 5.81. The van der Waals surface area contributed by atoms with E-state index >= 15 is 0 Å². The fourth-order valence-electron chi connectivity index (χ4n) is 3.73. The van der Waals surface area contributed by atoms with Gasteiger partial charge in [-0.3, -0.25) is 4.79 Å². The van der Waals surface area contributed by atoms with Crippen molar-refractivity contribution in [3.05, 3.63) is 34.3 Å². The SMILES string of the molecule is Cc1ccc(C(=O)N2CC3(CCOCC3)CCC2CO)cc1Cl. The lowest BCUT2D eigenvalue weighted by Crippen LogP contribution is -2.54. The number of piperidine rings is 1. The van der Waals surface area contributed by atoms with Gasteiger partial charge in [-0.2, -0.15) is 0 Å². The number of aryl methyl sites for hydroxylation is 1. The highest BCUT2D eigenvalue weighted by atomic mass is 35.5. The molecule has 1 aromatic rings. The zero-order valence-corrected chi connectivity index (χ0v) is 14.3. The number of carbonyl (C=O) groups excluding carboxylic acids is 1. The molecule has 2 aliphatic heterocycles. The van der Waals surface area contributed by atoms with Crippen LogP contribution in [0.5, 0.6) is 0 Å². The molecule has 2 fully saturated rings. The number of aliphatic hydroxyl groups is 1. The fourth-order valence-corrected chi connectivity index (χ4v) is 3.91. The van der Waals surface area contributed by atoms with Gasteiger partial charge in [0.05, 0.1) is 12.6 Å². The molecule has 3 rings (SSSR count). The zero-order chi connectivity index (χ0) is 16.4. The summed E-state index contributed by atoms with van der Waals surface area (Å²) in [6, 6.07) is 5.33. The van der Waals surface area contributed by atoms with Crippen molar-refractivity contribution >= 4 is 17.5 Å². The number of halogens is 1. The van der Waals surface area contributed by atoms with Crippen molar-refractivity contribution in [1.82, 2.24) is 4.90 Å². The molecule has 0 aliphatic carbocycles. The molecule has 5 heteroatoms. The summed E-state index contributed by atoms with van der Waals surface area (Å²) in [5.41, 5.74) is 1.71. The Kier molecular flexibility index (Phi) is 4.95. The highest BCUT2D eigenvalue weighted by molar-refractivity contribution is 6.31. The Morgan fingerprint density at radius 3 is 2.78 bits per heavy atom. The molecule has 2 aliphatic rings. The number of nitrogens with zero attached hydrogens (tertiary/aromatic N) is 1. The number of benzene rings is 1. The van der Waals surface area contributed by atoms with Crippen LogP contribution in [0.4, 0.5) is 0 Å². The second-order valence-electron chi connectivity index (χ2n) is 6.88. The van der Waals surface area contributed by atoms with E-state index in [0.717, 1.165) is 44.5 Å². The molecule has 1 spiro atoms. The van der Waals surface area contributed by atoms with E-state index in [1.165, 1.54) is 0 Å². The fraction of sp³-hybridized carbons (Fsp3) is 0.611. The van der Waals surface area contributed by atoms with Gasteiger partial charge in [-0.15, -0.1) is 0 Å². The molecular formula is C18H24ClNO3. The first-order valence-corrected chi connectivity index (χ1v) is 8.68. The maximum Gasteiger partial charge on any atom is 0.254 e. The number of amides is 1. The lowest BCUT2D eigenvalue weighted by molar-refractivity contribution is -0.0435. The molecule has 0 radical (unpaired) electrons. The van der Waals surface area contributed by atoms with Crippen LogP contribution in [0.25, 0.3) is 0 Å². The normalized spacial score (nSPS) is 24.0. The van der Waals surface area contributed by atoms with Gasteiger partial charge >= 0.3 is 0 Å². The van der Waals surface area contributed by atoms with Gasteiger partial charge in [-0.05, 0) is 55.7 Å². The van der Waals surface area contributed by atoms with Gasteiger partial charge < -0.3 is 14.7 Å². The number of ether oxygens (including phenoxy) is 1. The number of hydrogen-bond acceptors (Lipinski definition) is 3. The Morgan fingerprint density at radius 1 is 1.39 bits per heavy atom. The van der Waals surface area contributed by atoms with Crippen LogP contribution < -0.4 is 0 Å². The Bertz CT molecular complexity index is 584. The summed E-state index contributed by atoms with van der Waals surface area (Å²) in [5, 5.41) is 10.3. The molecule has 0 bridgehead atoms. The first-order valence-electron chi connectivity index (χ1n) is 8.30. The first kappa shape index (κ1) is 16.7. The van der Waals surface area contributed by atoms with Crippen molar-refractivity contribution in [3.63, 3.8) is 0 Å². The lowest BCUT2D eigenvalue weighted by Gasteiger charge is -2.48. The highest BCUT2D eigenvalue weighted by Gasteiger charge is 2.42. The van der Waals surface area contributed by atoms with Crippen LogP contribution in [-0.4, -0.2) is 48.3 Å². The monoisotopic (exact) mass is 337 g/mol. The van der Waals surface area contributed by atoms with Crippen molar-refractivity contribution in [3.8, 4) is 0 Å². The van der Waals surface area contributed by atoms with E-state index in [0.29, 0.717) is 17.1 Å². The van der Waals surface area contributed by atoms with Gasteiger partial charge in [-0.25, -0.2) is 0 Å². The Balaban J connectivity index is 1.84. The predicted molar refractivity (Wildman–Crippen MR) is 89.8 cm³/mol. The molecule has 126 valence electrons. The van der Waals surface area contributed by atoms with Gasteiger partial charge in [0.1, 0.15) is 0 Å². The second-order valence-corrected chi connectivity index (χ2v) is 7.29. The summed E-state index contributed by atoms with van der Waals surface area (Å²) in [7, 11) is 0. The van der Waals surface area contributed by atoms with E-state index in [-0.39, 0.29) is 24.0 Å². The second kappa shape index (κ2) is 6.80. The van der Waals surface area contributed by atoms with Crippen molar-refractivity contribution < 1.29 is 14.6 Å². The summed E-state index contributed by atoms with van der Waals surface area (Å²) in [5.74, 6) is -0.0310. The quantitative estimate of drug-likeness (QED) is 0.902. The number of carbonyl (C=O) groups is 1. The largest absolute Gasteiger partial charge is 0.394 e. The molecule has 4 nitrogen and oxygen atoms in total. The van der Waals surface area contributed by atoms with Crippen LogP contribution in [0.15, 0.2) is 18.2 Å². The Morgan fingerprint density at radius 2 is 2.13 bits per heavy atom. The molecule has 2 saturated heterocycles. The standard InChI is InChI=1S/C18H24ClNO3/c1-13-2-3-14(10-16(13)19)17(22)20-12-18(5-4-15(20)11-21)6-8-23-9-7-18/h2-3,10,15,21H,4-9,11-12H2,1H3. The molecule has 1 N–H and O–H groups in total. The van der Waals surface area contributed by atoms with Gasteiger partial charge in [0.25, 0.3) is 5.91 Å². The average Bonchev–Trinajstić information content (AvgIpc) is 2.57. The Hall–Kier alpha value is -1.10. The topological polar surface area (TPSA) is 49.8 Å². The van der Waals surface area contributed by atoms with Gasteiger partial charge in [0, 0.05) is 30.3 Å². The molecule has 1 aromatic carbocycles. The molecule has 2 heterocycles. The smallest absolute Gasteiger partial charge is 0.254 e. The van der Waals surface area contributed by atoms with Crippen LogP contribution in [0, 0.1) is 12.3 Å². The minimum absolute atomic E-state index is 0.0118. The predicted octanol–water partition coefficient (Wildman–Crippen LogP) is 3.04. The molecular weight excluding hydrogens is 314 g/mol. The third kappa shape index (κ3) is 3.39. The van der Waals surface area contributed by atoms with Crippen LogP contribution in [0.3, 0.4) is 0 Å². The van der Waals surface area contributed by atoms with Crippen molar-refractivity contribution in [2.75, 3.05) is 26.4 Å². The minimum Gasteiger partial charge on any atom is -0.394 e.